The van der Waals surface area contributed by atoms with Crippen LogP contribution in [0.5, 0.6) is 0 Å². The number of rotatable bonds is 9. The smallest absolute Gasteiger partial charge is 0.338 e. The van der Waals surface area contributed by atoms with Gasteiger partial charge in [0.25, 0.3) is 0 Å². The summed E-state index contributed by atoms with van der Waals surface area (Å²) in [5.74, 6) is -3.44. The zero-order chi connectivity index (χ0) is 29.8. The molecule has 10 nitrogen and oxygen atoms in total. The third-order valence-electron chi connectivity index (χ3n) is 7.62. The molecule has 10 heteroatoms. The number of ether oxygens (including phenoxy) is 2. The van der Waals surface area contributed by atoms with Crippen LogP contribution in [-0.4, -0.2) is 71.8 Å². The van der Waals surface area contributed by atoms with Gasteiger partial charge in [0.2, 0.25) is 11.7 Å². The molecule has 1 amide bonds. The Hall–Kier alpha value is -5.11. The number of carbonyl (C=O) groups excluding carboxylic acids is 3. The fraction of sp³-hybridized carbons (Fsp3) is 0.242. The maximum atomic E-state index is 13.7. The van der Waals surface area contributed by atoms with E-state index in [9.17, 15) is 19.6 Å². The monoisotopic (exact) mass is 575 g/mol. The molecule has 1 atom stereocenters. The standard InChI is InChI=1S/C33H29N5O5/c34-21-28(32(40)35-24-7-3-1-4-8-24)31(39)29-27-19-22-11-12-23(33(41)43-18-15-37-13-16-42-17-14-37)20-26(22)30(27)38(36-29)25-9-5-2-6-10-25/h1-12,20,28H,13-19H2,(H,35,40). The number of anilines is 1. The molecule has 6 rings (SSSR count). The van der Waals surface area contributed by atoms with Crippen LogP contribution in [0.2, 0.25) is 0 Å². The van der Waals surface area contributed by atoms with Crippen LogP contribution in [-0.2, 0) is 20.7 Å². The molecular formula is C33H29N5O5. The van der Waals surface area contributed by atoms with E-state index in [1.165, 1.54) is 0 Å². The molecule has 1 aromatic heterocycles. The second-order valence-corrected chi connectivity index (χ2v) is 10.3. The Kier molecular flexibility index (Phi) is 8.09. The van der Waals surface area contributed by atoms with E-state index in [0.717, 1.165) is 24.2 Å². The van der Waals surface area contributed by atoms with Gasteiger partial charge in [-0.25, -0.2) is 9.48 Å². The van der Waals surface area contributed by atoms with Crippen LogP contribution in [0, 0.1) is 17.2 Å². The van der Waals surface area contributed by atoms with E-state index in [4.69, 9.17) is 9.47 Å². The number of nitriles is 1. The minimum atomic E-state index is -1.59. The van der Waals surface area contributed by atoms with Crippen LogP contribution in [0.1, 0.15) is 32.0 Å². The molecule has 2 heterocycles. The summed E-state index contributed by atoms with van der Waals surface area (Å²) in [7, 11) is 0. The zero-order valence-electron chi connectivity index (χ0n) is 23.4. The van der Waals surface area contributed by atoms with E-state index in [-0.39, 0.29) is 12.3 Å². The van der Waals surface area contributed by atoms with Gasteiger partial charge in [0, 0.05) is 42.9 Å². The van der Waals surface area contributed by atoms with Gasteiger partial charge in [-0.15, -0.1) is 0 Å². The van der Waals surface area contributed by atoms with Crippen molar-refractivity contribution in [1.82, 2.24) is 14.7 Å². The number of nitrogens with one attached hydrogen (secondary N) is 1. The van der Waals surface area contributed by atoms with Crippen molar-refractivity contribution < 1.29 is 23.9 Å². The summed E-state index contributed by atoms with van der Waals surface area (Å²) in [6, 6.07) is 25.1. The molecular weight excluding hydrogens is 546 g/mol. The summed E-state index contributed by atoms with van der Waals surface area (Å²) in [5.41, 5.74) is 4.53. The Balaban J connectivity index is 1.30. The van der Waals surface area contributed by atoms with E-state index in [1.807, 2.05) is 42.5 Å². The molecule has 0 bridgehead atoms. The van der Waals surface area contributed by atoms with Gasteiger partial charge in [0.1, 0.15) is 12.3 Å². The lowest BCUT2D eigenvalue weighted by atomic mass is 9.98. The van der Waals surface area contributed by atoms with Crippen molar-refractivity contribution in [1.29, 1.82) is 5.26 Å². The van der Waals surface area contributed by atoms with E-state index in [0.29, 0.717) is 54.4 Å². The van der Waals surface area contributed by atoms with Crippen molar-refractivity contribution >= 4 is 23.3 Å². The van der Waals surface area contributed by atoms with Crippen molar-refractivity contribution in [3.63, 3.8) is 0 Å². The van der Waals surface area contributed by atoms with Crippen LogP contribution in [0.25, 0.3) is 16.9 Å². The fourth-order valence-electron chi connectivity index (χ4n) is 5.40. The van der Waals surface area contributed by atoms with Crippen molar-refractivity contribution in [3.05, 3.63) is 101 Å². The van der Waals surface area contributed by atoms with Gasteiger partial charge in [-0.3, -0.25) is 14.5 Å². The maximum Gasteiger partial charge on any atom is 0.338 e. The van der Waals surface area contributed by atoms with Gasteiger partial charge in [-0.2, -0.15) is 10.4 Å². The quantitative estimate of drug-likeness (QED) is 0.159. The van der Waals surface area contributed by atoms with Gasteiger partial charge in [0.15, 0.2) is 5.92 Å². The average molecular weight is 576 g/mol. The number of nitrogens with zero attached hydrogens (tertiary/aromatic N) is 4. The first-order chi connectivity index (χ1) is 21.0. The highest BCUT2D eigenvalue weighted by Gasteiger charge is 2.37. The average Bonchev–Trinajstić information content (AvgIpc) is 3.60. The first-order valence-electron chi connectivity index (χ1n) is 14.1. The lowest BCUT2D eigenvalue weighted by Gasteiger charge is -2.26. The molecule has 2 aliphatic rings. The third kappa shape index (κ3) is 5.81. The van der Waals surface area contributed by atoms with Crippen LogP contribution in [0.15, 0.2) is 78.9 Å². The van der Waals surface area contributed by atoms with E-state index >= 15 is 0 Å². The summed E-state index contributed by atoms with van der Waals surface area (Å²) >= 11 is 0. The summed E-state index contributed by atoms with van der Waals surface area (Å²) in [4.78, 5) is 41.9. The van der Waals surface area contributed by atoms with E-state index < -0.39 is 23.6 Å². The normalized spacial score (nSPS) is 14.7. The topological polar surface area (TPSA) is 127 Å². The molecule has 1 unspecified atom stereocenters. The van der Waals surface area contributed by atoms with E-state index in [2.05, 4.69) is 15.3 Å². The highest BCUT2D eigenvalue weighted by atomic mass is 16.5. The minimum Gasteiger partial charge on any atom is -0.461 e. The van der Waals surface area contributed by atoms with Crippen LogP contribution in [0.3, 0.4) is 0 Å². The Labute approximate surface area is 248 Å². The molecule has 0 saturated carbocycles. The molecule has 3 aromatic carbocycles. The van der Waals surface area contributed by atoms with Gasteiger partial charge < -0.3 is 14.8 Å². The lowest BCUT2D eigenvalue weighted by Crippen LogP contribution is -2.38. The number of carbonyl (C=O) groups is 3. The molecule has 43 heavy (non-hydrogen) atoms. The number of hydrogen-bond acceptors (Lipinski definition) is 8. The van der Waals surface area contributed by atoms with Gasteiger partial charge in [-0.1, -0.05) is 42.5 Å². The number of morpholine rings is 1. The minimum absolute atomic E-state index is 0.0550. The molecule has 4 aromatic rings. The van der Waals surface area contributed by atoms with Crippen LogP contribution in [0.4, 0.5) is 5.69 Å². The Morgan fingerprint density at radius 2 is 1.72 bits per heavy atom. The Bertz CT molecular complexity index is 1700. The SMILES string of the molecule is N#CC(C(=O)Nc1ccccc1)C(=O)c1nn(-c2ccccc2)c2c1Cc1ccc(C(=O)OCCN3CCOCC3)cc1-2. The lowest BCUT2D eigenvalue weighted by molar-refractivity contribution is -0.117. The Morgan fingerprint density at radius 3 is 2.44 bits per heavy atom. The third-order valence-corrected chi connectivity index (χ3v) is 7.62. The van der Waals surface area contributed by atoms with E-state index in [1.54, 1.807) is 47.1 Å². The summed E-state index contributed by atoms with van der Waals surface area (Å²) in [5, 5.41) is 17.2. The maximum absolute atomic E-state index is 13.7. The molecule has 1 fully saturated rings. The predicted octanol–water partition coefficient (Wildman–Crippen LogP) is 3.89. The van der Waals surface area contributed by atoms with Crippen molar-refractivity contribution in [3.8, 4) is 23.0 Å². The molecule has 216 valence electrons. The second-order valence-electron chi connectivity index (χ2n) is 10.3. The van der Waals surface area contributed by atoms with Gasteiger partial charge in [-0.05, 0) is 42.0 Å². The molecule has 1 saturated heterocycles. The molecule has 1 aliphatic heterocycles. The summed E-state index contributed by atoms with van der Waals surface area (Å²) < 4.78 is 12.6. The number of Topliss-reactive ketones (excluding diaryl/α,β-unsaturated/α-hetero) is 1. The number of para-hydroxylation sites is 2. The molecule has 0 radical (unpaired) electrons. The number of amides is 1. The van der Waals surface area contributed by atoms with Crippen LogP contribution < -0.4 is 5.32 Å². The molecule has 1 N–H and O–H groups in total. The molecule has 1 aliphatic carbocycles. The van der Waals surface area contributed by atoms with Crippen molar-refractivity contribution in [2.24, 2.45) is 5.92 Å². The van der Waals surface area contributed by atoms with Gasteiger partial charge in [0.05, 0.1) is 36.2 Å². The number of esters is 1. The highest BCUT2D eigenvalue weighted by molar-refractivity contribution is 6.16. The summed E-state index contributed by atoms with van der Waals surface area (Å²) in [6.45, 7) is 3.87. The zero-order valence-corrected chi connectivity index (χ0v) is 23.4. The first kappa shape index (κ1) is 28.0. The highest BCUT2D eigenvalue weighted by Crippen LogP contribution is 2.41. The number of fused-ring (bicyclic) bond motifs is 3. The number of benzene rings is 3. The predicted molar refractivity (Wildman–Crippen MR) is 158 cm³/mol. The number of hydrogen-bond donors (Lipinski definition) is 1. The largest absolute Gasteiger partial charge is 0.461 e. The number of ketones is 1. The van der Waals surface area contributed by atoms with Crippen LogP contribution >= 0.6 is 0 Å². The summed E-state index contributed by atoms with van der Waals surface area (Å²) in [6.07, 6.45) is 0.364. The van der Waals surface area contributed by atoms with Crippen molar-refractivity contribution in [2.45, 2.75) is 6.42 Å². The first-order valence-corrected chi connectivity index (χ1v) is 14.1. The second kappa shape index (κ2) is 12.4. The van der Waals surface area contributed by atoms with Crippen molar-refractivity contribution in [2.75, 3.05) is 44.8 Å². The number of aromatic nitrogens is 2. The Morgan fingerprint density at radius 1 is 1.00 bits per heavy atom. The van der Waals surface area contributed by atoms with Gasteiger partial charge >= 0.3 is 5.97 Å². The molecule has 0 spiro atoms. The fourth-order valence-corrected chi connectivity index (χ4v) is 5.40.